The highest BCUT2D eigenvalue weighted by molar-refractivity contribution is 7.81. The zero-order valence-corrected chi connectivity index (χ0v) is 27.0. The van der Waals surface area contributed by atoms with E-state index in [0.29, 0.717) is 12.8 Å². The van der Waals surface area contributed by atoms with E-state index in [4.69, 9.17) is 29.2 Å². The van der Waals surface area contributed by atoms with Crippen LogP contribution in [0.2, 0.25) is 0 Å². The van der Waals surface area contributed by atoms with Crippen molar-refractivity contribution in [3.63, 3.8) is 0 Å². The summed E-state index contributed by atoms with van der Waals surface area (Å²) in [5.74, 6) is -5.23. The number of carboxylic acids is 2. The van der Waals surface area contributed by atoms with Crippen LogP contribution in [0, 0.1) is 5.41 Å². The SMILES string of the molecule is O=C(CS)OCC(COC(=O)CS)(COC(=O)CS)COC(=O)CS.O=C(O)CS.O=C(O)CS.O=CCCC=O. The largest absolute Gasteiger partial charge is 0.481 e. The molecule has 0 saturated carbocycles. The molecule has 0 radical (unpaired) electrons. The van der Waals surface area contributed by atoms with Crippen LogP contribution in [0.4, 0.5) is 0 Å². The molecule has 0 fully saturated rings. The lowest BCUT2D eigenvalue weighted by atomic mass is 9.92. The van der Waals surface area contributed by atoms with Gasteiger partial charge >= 0.3 is 35.8 Å². The summed E-state index contributed by atoms with van der Waals surface area (Å²) in [6.07, 6.45) is 2.19. The summed E-state index contributed by atoms with van der Waals surface area (Å²) in [7, 11) is 0. The van der Waals surface area contributed by atoms with Gasteiger partial charge in [-0.2, -0.15) is 75.8 Å². The van der Waals surface area contributed by atoms with Crippen LogP contribution >= 0.6 is 75.8 Å². The molecule has 0 spiro atoms. The van der Waals surface area contributed by atoms with Crippen molar-refractivity contribution in [2.24, 2.45) is 5.41 Å². The average Bonchev–Trinajstić information content (AvgIpc) is 2.98. The maximum atomic E-state index is 11.4. The van der Waals surface area contributed by atoms with Gasteiger partial charge in [0.15, 0.2) is 0 Å². The Hall–Kier alpha value is -1.74. The van der Waals surface area contributed by atoms with Gasteiger partial charge in [0.25, 0.3) is 0 Å². The number of carbonyl (C=O) groups is 8. The average molecular weight is 703 g/mol. The Labute approximate surface area is 269 Å². The molecule has 0 aliphatic rings. The second-order valence-corrected chi connectivity index (χ2v) is 8.69. The van der Waals surface area contributed by atoms with Gasteiger partial charge in [0.2, 0.25) is 0 Å². The van der Waals surface area contributed by atoms with Crippen molar-refractivity contribution in [3.8, 4) is 0 Å². The molecule has 0 amide bonds. The molecule has 0 saturated heterocycles. The molecule has 14 nitrogen and oxygen atoms in total. The predicted octanol–water partition coefficient (Wildman–Crippen LogP) is 0.0308. The second kappa shape index (κ2) is 32.8. The predicted molar refractivity (Wildman–Crippen MR) is 166 cm³/mol. The Bertz CT molecular complexity index is 689. The van der Waals surface area contributed by atoms with Crippen LogP contribution in [-0.2, 0) is 57.3 Å². The minimum atomic E-state index is -1.28. The fourth-order valence-electron chi connectivity index (χ4n) is 1.50. The van der Waals surface area contributed by atoms with E-state index in [1.165, 1.54) is 0 Å². The molecule has 0 atom stereocenters. The number of carbonyl (C=O) groups excluding carboxylic acids is 6. The lowest BCUT2D eigenvalue weighted by Crippen LogP contribution is -2.44. The standard InChI is InChI=1S/C13H20O8S4.C4H6O2.2C2H4O2S/c14-9(1-22)18-5-13(6-19-10(15)2-23,7-20-11(16)3-24)8-21-12(17)4-25;5-3-1-2-4-6;2*3-2(4)1-5/h22-25H,1-8H2;3-4H,1-2H2;2*5H,1H2,(H,3,4). The normalized spacial score (nSPS) is 9.41. The summed E-state index contributed by atoms with van der Waals surface area (Å²) in [6, 6.07) is 0. The number of esters is 4. The van der Waals surface area contributed by atoms with Gasteiger partial charge in [0.1, 0.15) is 44.4 Å². The van der Waals surface area contributed by atoms with Crippen LogP contribution in [0.3, 0.4) is 0 Å². The maximum Gasteiger partial charge on any atom is 0.315 e. The third-order valence-electron chi connectivity index (χ3n) is 3.35. The molecule has 2 N–H and O–H groups in total. The fourth-order valence-corrected chi connectivity index (χ4v) is 1.87. The monoisotopic (exact) mass is 702 g/mol. The van der Waals surface area contributed by atoms with Gasteiger partial charge in [-0.05, 0) is 0 Å². The Morgan fingerprint density at radius 2 is 0.683 bits per heavy atom. The van der Waals surface area contributed by atoms with E-state index in [2.05, 4.69) is 75.8 Å². The van der Waals surface area contributed by atoms with Gasteiger partial charge in [0.05, 0.1) is 34.5 Å². The zero-order chi connectivity index (χ0) is 32.7. The molecule has 238 valence electrons. The number of aliphatic carboxylic acids is 2. The van der Waals surface area contributed by atoms with Gasteiger partial charge < -0.3 is 38.7 Å². The van der Waals surface area contributed by atoms with Crippen LogP contribution in [0.5, 0.6) is 0 Å². The van der Waals surface area contributed by atoms with Crippen molar-refractivity contribution < 1.29 is 67.5 Å². The number of aldehydes is 2. The molecular weight excluding hydrogens is 669 g/mol. The number of thiol groups is 6. The first kappa shape index (κ1) is 46.2. The number of carboxylic acid groups (broad SMARTS) is 2. The van der Waals surface area contributed by atoms with E-state index < -0.39 is 41.2 Å². The van der Waals surface area contributed by atoms with E-state index in [1.54, 1.807) is 0 Å². The second-order valence-electron chi connectivity index (χ2n) is 6.79. The lowest BCUT2D eigenvalue weighted by molar-refractivity contribution is -0.167. The molecule has 0 bridgehead atoms. The van der Waals surface area contributed by atoms with Crippen molar-refractivity contribution in [1.29, 1.82) is 0 Å². The molecule has 0 aliphatic heterocycles. The first-order valence-corrected chi connectivity index (χ1v) is 14.7. The van der Waals surface area contributed by atoms with E-state index in [1.807, 2.05) is 0 Å². The summed E-state index contributed by atoms with van der Waals surface area (Å²) < 4.78 is 20.0. The Morgan fingerprint density at radius 1 is 0.488 bits per heavy atom. The molecule has 0 aromatic heterocycles. The maximum absolute atomic E-state index is 11.4. The van der Waals surface area contributed by atoms with Gasteiger partial charge in [-0.1, -0.05) is 0 Å². The van der Waals surface area contributed by atoms with Crippen molar-refractivity contribution >= 4 is 124 Å². The van der Waals surface area contributed by atoms with Crippen LogP contribution < -0.4 is 0 Å². The van der Waals surface area contributed by atoms with Crippen LogP contribution in [-0.4, -0.2) is 120 Å². The van der Waals surface area contributed by atoms with Gasteiger partial charge in [-0.15, -0.1) is 0 Å². The van der Waals surface area contributed by atoms with Crippen molar-refractivity contribution in [2.45, 2.75) is 12.8 Å². The smallest absolute Gasteiger partial charge is 0.315 e. The minimum Gasteiger partial charge on any atom is -0.481 e. The number of ether oxygens (including phenoxy) is 4. The molecule has 20 heteroatoms. The Kier molecular flexibility index (Phi) is 36.9. The van der Waals surface area contributed by atoms with Gasteiger partial charge in [-0.3, -0.25) is 28.8 Å². The quantitative estimate of drug-likeness (QED) is 0.0330. The highest BCUT2D eigenvalue weighted by Crippen LogP contribution is 2.22. The van der Waals surface area contributed by atoms with E-state index in [0.717, 1.165) is 12.6 Å². The highest BCUT2D eigenvalue weighted by Gasteiger charge is 2.37. The number of hydrogen-bond acceptors (Lipinski definition) is 18. The lowest BCUT2D eigenvalue weighted by Gasteiger charge is -2.31. The molecular formula is C21H34O14S6. The molecule has 0 aromatic rings. The molecule has 0 aromatic carbocycles. The molecule has 0 unspecified atom stereocenters. The highest BCUT2D eigenvalue weighted by atomic mass is 32.1. The summed E-state index contributed by atoms with van der Waals surface area (Å²) in [5.41, 5.74) is -1.28. The van der Waals surface area contributed by atoms with Gasteiger partial charge in [-0.25, -0.2) is 0 Å². The van der Waals surface area contributed by atoms with Crippen molar-refractivity contribution in [1.82, 2.24) is 0 Å². The van der Waals surface area contributed by atoms with Crippen molar-refractivity contribution in [3.05, 3.63) is 0 Å². The third kappa shape index (κ3) is 36.2. The van der Waals surface area contributed by atoms with E-state index >= 15 is 0 Å². The summed E-state index contributed by atoms with van der Waals surface area (Å²) in [6.45, 7) is -1.31. The molecule has 0 rings (SSSR count). The van der Waals surface area contributed by atoms with Crippen molar-refractivity contribution in [2.75, 3.05) is 60.9 Å². The number of hydrogen-bond donors (Lipinski definition) is 8. The first-order valence-electron chi connectivity index (χ1n) is 10.9. The Morgan fingerprint density at radius 3 is 0.805 bits per heavy atom. The van der Waals surface area contributed by atoms with E-state index in [-0.39, 0.29) is 60.9 Å². The fraction of sp³-hybridized carbons (Fsp3) is 0.619. The number of rotatable bonds is 17. The third-order valence-corrected chi connectivity index (χ3v) is 4.92. The van der Waals surface area contributed by atoms with Crippen LogP contribution in [0.25, 0.3) is 0 Å². The first-order chi connectivity index (χ1) is 19.3. The topological polar surface area (TPSA) is 214 Å². The summed E-state index contributed by atoms with van der Waals surface area (Å²) >= 11 is 22.0. The van der Waals surface area contributed by atoms with Crippen LogP contribution in [0.15, 0.2) is 0 Å². The van der Waals surface area contributed by atoms with Crippen LogP contribution in [0.1, 0.15) is 12.8 Å². The summed E-state index contributed by atoms with van der Waals surface area (Å²) in [4.78, 5) is 82.9. The van der Waals surface area contributed by atoms with Gasteiger partial charge in [0, 0.05) is 12.8 Å². The van der Waals surface area contributed by atoms with E-state index in [9.17, 15) is 38.4 Å². The minimum absolute atomic E-state index is 0.0833. The summed E-state index contributed by atoms with van der Waals surface area (Å²) in [5, 5.41) is 15.3. The number of unbranched alkanes of at least 4 members (excludes halogenated alkanes) is 1. The zero-order valence-electron chi connectivity index (χ0n) is 21.6. The Balaban J connectivity index is -0.000000345. The molecule has 0 heterocycles. The molecule has 0 aliphatic carbocycles. The molecule has 41 heavy (non-hydrogen) atoms.